The van der Waals surface area contributed by atoms with Gasteiger partial charge in [-0.05, 0) is 96.8 Å². The number of methoxy groups -OCH3 is 1. The molecular formula is C37H48F18O9. The average molecular weight is 979 g/mol. The van der Waals surface area contributed by atoms with Crippen molar-refractivity contribution >= 4 is 17.9 Å². The van der Waals surface area contributed by atoms with Gasteiger partial charge in [0.15, 0.2) is 0 Å². The van der Waals surface area contributed by atoms with Crippen LogP contribution in [0.25, 0.3) is 0 Å². The minimum atomic E-state index is -5.87. The molecule has 376 valence electrons. The molecule has 2 aliphatic rings. The van der Waals surface area contributed by atoms with E-state index in [1.807, 2.05) is 0 Å². The Bertz CT molecular complexity index is 1530. The maximum Gasteiger partial charge on any atom is 0.426 e. The van der Waals surface area contributed by atoms with Crippen LogP contribution in [0.15, 0.2) is 36.5 Å². The minimum absolute atomic E-state index is 0.0399. The first-order valence-electron chi connectivity index (χ1n) is 18.3. The Hall–Kier alpha value is -3.75. The third-order valence-electron chi connectivity index (χ3n) is 9.62. The van der Waals surface area contributed by atoms with Crippen LogP contribution in [-0.4, -0.2) is 107 Å². The second-order valence-corrected chi connectivity index (χ2v) is 15.0. The van der Waals surface area contributed by atoms with Crippen molar-refractivity contribution in [3.05, 3.63) is 36.5 Å². The van der Waals surface area contributed by atoms with Crippen molar-refractivity contribution in [2.45, 2.75) is 145 Å². The Labute approximate surface area is 354 Å². The number of alkyl halides is 18. The molecule has 2 rings (SSSR count). The number of carbonyl (C=O) groups is 3. The van der Waals surface area contributed by atoms with Gasteiger partial charge >= 0.3 is 55.0 Å². The molecule has 0 aromatic rings. The number of ether oxygens (including phenoxy) is 3. The van der Waals surface area contributed by atoms with Crippen LogP contribution in [0.3, 0.4) is 0 Å². The molecule has 9 nitrogen and oxygen atoms in total. The number of hydrogen-bond donors (Lipinski definition) is 3. The average Bonchev–Trinajstić information content (AvgIpc) is 3.73. The summed E-state index contributed by atoms with van der Waals surface area (Å²) in [5, 5.41) is 26.7. The summed E-state index contributed by atoms with van der Waals surface area (Å²) in [6, 6.07) is 0. The van der Waals surface area contributed by atoms with Crippen molar-refractivity contribution in [1.29, 1.82) is 0 Å². The smallest absolute Gasteiger partial charge is 0.426 e. The quantitative estimate of drug-likeness (QED) is 0.0541. The summed E-state index contributed by atoms with van der Waals surface area (Å²) in [6.45, 7) is 14.3. The highest BCUT2D eigenvalue weighted by molar-refractivity contribution is 5.87. The molecule has 0 heterocycles. The van der Waals surface area contributed by atoms with Crippen molar-refractivity contribution in [3.63, 3.8) is 0 Å². The molecule has 2 aliphatic carbocycles. The maximum atomic E-state index is 12.5. The fourth-order valence-electron chi connectivity index (χ4n) is 5.83. The van der Waals surface area contributed by atoms with E-state index in [0.717, 1.165) is 13.3 Å². The first-order chi connectivity index (χ1) is 28.3. The number of fused-ring (bicyclic) bond motifs is 2. The van der Waals surface area contributed by atoms with Gasteiger partial charge in [-0.1, -0.05) is 26.2 Å². The molecule has 0 saturated heterocycles. The molecule has 64 heavy (non-hydrogen) atoms. The van der Waals surface area contributed by atoms with Crippen molar-refractivity contribution in [2.75, 3.05) is 13.7 Å². The van der Waals surface area contributed by atoms with Crippen molar-refractivity contribution in [3.8, 4) is 0 Å². The van der Waals surface area contributed by atoms with Gasteiger partial charge < -0.3 is 29.5 Å². The zero-order valence-corrected chi connectivity index (χ0v) is 34.6. The zero-order valence-electron chi connectivity index (χ0n) is 34.6. The normalized spacial score (nSPS) is 18.8. The van der Waals surface area contributed by atoms with Gasteiger partial charge in [-0.2, -0.15) is 79.0 Å². The third kappa shape index (κ3) is 17.6. The van der Waals surface area contributed by atoms with Gasteiger partial charge in [-0.25, -0.2) is 14.4 Å². The van der Waals surface area contributed by atoms with Gasteiger partial charge in [0, 0.05) is 16.7 Å². The number of hydrogen-bond acceptors (Lipinski definition) is 9. The third-order valence-corrected chi connectivity index (χ3v) is 9.62. The van der Waals surface area contributed by atoms with Gasteiger partial charge in [0.25, 0.3) is 16.8 Å². The lowest BCUT2D eigenvalue weighted by molar-refractivity contribution is -0.373. The molecule has 0 spiro atoms. The van der Waals surface area contributed by atoms with Crippen LogP contribution in [-0.2, 0) is 28.6 Å². The molecule has 0 aromatic heterocycles. The minimum Gasteiger partial charge on any atom is -0.466 e. The number of esters is 3. The number of rotatable bonds is 13. The van der Waals surface area contributed by atoms with E-state index < -0.39 is 117 Å². The van der Waals surface area contributed by atoms with E-state index in [2.05, 4.69) is 33.9 Å². The fourth-order valence-corrected chi connectivity index (χ4v) is 5.83. The Balaban J connectivity index is 0. The van der Waals surface area contributed by atoms with Crippen LogP contribution >= 0.6 is 0 Å². The van der Waals surface area contributed by atoms with Gasteiger partial charge in [-0.15, -0.1) is 0 Å². The second kappa shape index (κ2) is 23.1. The zero-order chi connectivity index (χ0) is 51.5. The molecule has 4 unspecified atom stereocenters. The van der Waals surface area contributed by atoms with E-state index in [9.17, 15) is 93.4 Å². The molecule has 0 radical (unpaired) electrons. The Morgan fingerprint density at radius 3 is 1.23 bits per heavy atom. The highest BCUT2D eigenvalue weighted by Crippen LogP contribution is 2.55. The maximum absolute atomic E-state index is 12.5. The monoisotopic (exact) mass is 978 g/mol. The van der Waals surface area contributed by atoms with Crippen LogP contribution in [0.1, 0.15) is 85.5 Å². The molecular weight excluding hydrogens is 930 g/mol. The summed E-state index contributed by atoms with van der Waals surface area (Å²) in [7, 11) is 1.33. The molecule has 2 saturated carbocycles. The van der Waals surface area contributed by atoms with Crippen LogP contribution in [0.2, 0.25) is 0 Å². The summed E-state index contributed by atoms with van der Waals surface area (Å²) in [5.41, 5.74) is -13.8. The molecule has 0 aliphatic heterocycles. The standard InChI is InChI=1S/C11H14F6O3.C11H14F6O.C10H12F6O3.C5H8O2/c1-6(2)8(18)20-7(3)4-5-9(19,10(12,13)14)11(15,16)17;12-10(13,14)9(18,11(15,16)17)5-8-4-6-1-2-7(8)3-6;1-6(2)7(17)19-5-3-4-8(18,9(11,12)13)10(14,15)16;1-4(2)5(6)7-3/h7,19H,1,4-5H2,2-3H3;6-8,18H,1-5H2;18H,1,3-5H2,2H3;1H2,2-3H3. The highest BCUT2D eigenvalue weighted by atomic mass is 19.4. The summed E-state index contributed by atoms with van der Waals surface area (Å²) < 4.78 is 236. The molecule has 4 atom stereocenters. The molecule has 2 bridgehead atoms. The lowest BCUT2D eigenvalue weighted by atomic mass is 9.79. The Morgan fingerprint density at radius 1 is 0.578 bits per heavy atom. The highest BCUT2D eigenvalue weighted by Gasteiger charge is 2.72. The summed E-state index contributed by atoms with van der Waals surface area (Å²) in [5.74, 6) is -2.73. The van der Waals surface area contributed by atoms with E-state index in [-0.39, 0.29) is 29.0 Å². The van der Waals surface area contributed by atoms with E-state index in [4.69, 9.17) is 15.3 Å². The number of halogens is 18. The summed E-state index contributed by atoms with van der Waals surface area (Å²) in [6.07, 6.45) is -39.6. The first kappa shape index (κ1) is 62.3. The van der Waals surface area contributed by atoms with Gasteiger partial charge in [0.1, 0.15) is 0 Å². The Kier molecular flexibility index (Phi) is 22.5. The van der Waals surface area contributed by atoms with E-state index in [1.165, 1.54) is 21.0 Å². The van der Waals surface area contributed by atoms with Crippen LogP contribution in [0.4, 0.5) is 79.0 Å². The van der Waals surface area contributed by atoms with E-state index in [1.54, 1.807) is 6.92 Å². The second-order valence-electron chi connectivity index (χ2n) is 15.0. The van der Waals surface area contributed by atoms with E-state index >= 15 is 0 Å². The van der Waals surface area contributed by atoms with Crippen LogP contribution in [0, 0.1) is 17.8 Å². The van der Waals surface area contributed by atoms with Gasteiger partial charge in [-0.3, -0.25) is 0 Å². The predicted molar refractivity (Wildman–Crippen MR) is 186 cm³/mol. The largest absolute Gasteiger partial charge is 0.466 e. The molecule has 27 heteroatoms. The summed E-state index contributed by atoms with van der Waals surface area (Å²) >= 11 is 0. The first-order valence-corrected chi connectivity index (χ1v) is 18.3. The van der Waals surface area contributed by atoms with Crippen LogP contribution < -0.4 is 0 Å². The van der Waals surface area contributed by atoms with Crippen LogP contribution in [0.5, 0.6) is 0 Å². The van der Waals surface area contributed by atoms with Gasteiger partial charge in [0.2, 0.25) is 0 Å². The Morgan fingerprint density at radius 2 is 0.953 bits per heavy atom. The molecule has 3 N–H and O–H groups in total. The van der Waals surface area contributed by atoms with Crippen molar-refractivity contribution in [1.82, 2.24) is 0 Å². The molecule has 0 amide bonds. The lowest BCUT2D eigenvalue weighted by Crippen LogP contribution is -2.58. The molecule has 0 aromatic carbocycles. The summed E-state index contributed by atoms with van der Waals surface area (Å²) in [4.78, 5) is 32.1. The number of carbonyl (C=O) groups excluding carboxylic acids is 3. The number of aliphatic hydroxyl groups is 3. The van der Waals surface area contributed by atoms with Gasteiger partial charge in [0.05, 0.1) is 19.8 Å². The fraction of sp³-hybridized carbons (Fsp3) is 0.757. The SMILES string of the molecule is C=C(C)C(=O)OC.C=C(C)C(=O)OC(C)CCC(O)(C(F)(F)F)C(F)(F)F.C=C(C)C(=O)OCCCC(O)(C(F)(F)F)C(F)(F)F.OC(CC1CC2CCC1C2)(C(F)(F)F)C(F)(F)F. The predicted octanol–water partition coefficient (Wildman–Crippen LogP) is 10.3. The topological polar surface area (TPSA) is 140 Å². The van der Waals surface area contributed by atoms with Crippen molar-refractivity contribution < 1.29 is 123 Å². The van der Waals surface area contributed by atoms with Crippen molar-refractivity contribution in [2.24, 2.45) is 17.8 Å². The van der Waals surface area contributed by atoms with E-state index in [0.29, 0.717) is 24.8 Å². The lowest BCUT2D eigenvalue weighted by Gasteiger charge is -2.36. The molecule has 2 fully saturated rings.